The third-order valence-corrected chi connectivity index (χ3v) is 3.62. The Balaban J connectivity index is 3.11. The number of urea groups is 1. The Bertz CT molecular complexity index is 590. The maximum absolute atomic E-state index is 12.2. The van der Waals surface area contributed by atoms with Crippen LogP contribution in [-0.2, 0) is 21.7 Å². The first-order valence-electron chi connectivity index (χ1n) is 7.40. The van der Waals surface area contributed by atoms with Gasteiger partial charge in [-0.3, -0.25) is 9.59 Å². The quantitative estimate of drug-likeness (QED) is 0.297. The number of nitrogens with two attached hydrogens (primary N) is 3. The predicted octanol–water partition coefficient (Wildman–Crippen LogP) is -1.62. The van der Waals surface area contributed by atoms with Crippen molar-refractivity contribution < 1.29 is 19.5 Å². The number of amides is 4. The standard InChI is InChI=1S/C15H23N5O4/c16-8-12(22)20-15(13(17)23,6-1-7-19-14(18)24)11-4-2-10(9-21)3-5-11/h2-5,21H,1,6-9,16H2,(H2,17,23)(H,20,22)(H3,18,19,24)/t15-/m0/s1. The summed E-state index contributed by atoms with van der Waals surface area (Å²) >= 11 is 0. The molecule has 1 rings (SSSR count). The molecular weight excluding hydrogens is 314 g/mol. The van der Waals surface area contributed by atoms with Crippen molar-refractivity contribution in [2.45, 2.75) is 25.0 Å². The van der Waals surface area contributed by atoms with Crippen LogP contribution in [-0.4, -0.2) is 36.0 Å². The molecular formula is C15H23N5O4. The van der Waals surface area contributed by atoms with Gasteiger partial charge in [0.2, 0.25) is 11.8 Å². The molecule has 0 radical (unpaired) electrons. The summed E-state index contributed by atoms with van der Waals surface area (Å²) in [6.45, 7) is -0.234. The van der Waals surface area contributed by atoms with Crippen molar-refractivity contribution >= 4 is 17.8 Å². The highest BCUT2D eigenvalue weighted by Gasteiger charge is 2.39. The molecule has 0 saturated heterocycles. The van der Waals surface area contributed by atoms with Crippen molar-refractivity contribution in [1.82, 2.24) is 10.6 Å². The molecule has 0 aromatic heterocycles. The summed E-state index contributed by atoms with van der Waals surface area (Å²) in [5, 5.41) is 14.1. The number of aliphatic hydroxyl groups excluding tert-OH is 1. The number of primary amides is 2. The number of aliphatic hydroxyl groups is 1. The van der Waals surface area contributed by atoms with E-state index in [4.69, 9.17) is 22.3 Å². The van der Waals surface area contributed by atoms with Gasteiger partial charge in [-0.2, -0.15) is 0 Å². The van der Waals surface area contributed by atoms with E-state index in [1.165, 1.54) is 0 Å². The maximum Gasteiger partial charge on any atom is 0.312 e. The van der Waals surface area contributed by atoms with Gasteiger partial charge in [-0.25, -0.2) is 4.79 Å². The Hall–Kier alpha value is -2.65. The number of rotatable bonds is 9. The lowest BCUT2D eigenvalue weighted by atomic mass is 9.84. The van der Waals surface area contributed by atoms with Gasteiger partial charge in [-0.15, -0.1) is 0 Å². The lowest BCUT2D eigenvalue weighted by Gasteiger charge is -2.32. The number of nitrogens with one attached hydrogen (secondary N) is 2. The summed E-state index contributed by atoms with van der Waals surface area (Å²) in [6, 6.07) is 5.79. The fraction of sp³-hybridized carbons (Fsp3) is 0.400. The second-order valence-electron chi connectivity index (χ2n) is 5.27. The largest absolute Gasteiger partial charge is 0.392 e. The molecule has 1 aromatic carbocycles. The van der Waals surface area contributed by atoms with Gasteiger partial charge in [0.25, 0.3) is 0 Å². The number of hydrogen-bond acceptors (Lipinski definition) is 5. The highest BCUT2D eigenvalue weighted by atomic mass is 16.3. The molecule has 0 unspecified atom stereocenters. The highest BCUT2D eigenvalue weighted by Crippen LogP contribution is 2.27. The summed E-state index contributed by atoms with van der Waals surface area (Å²) in [5.74, 6) is -1.29. The van der Waals surface area contributed by atoms with Crippen LogP contribution in [0.5, 0.6) is 0 Å². The average molecular weight is 337 g/mol. The summed E-state index contributed by atoms with van der Waals surface area (Å²) in [5.41, 5.74) is 15.5. The maximum atomic E-state index is 12.2. The van der Waals surface area contributed by atoms with Gasteiger partial charge in [0, 0.05) is 6.54 Å². The SMILES string of the molecule is NCC(=O)N[C@](CCCNC(N)=O)(C(N)=O)c1ccc(CO)cc1. The average Bonchev–Trinajstić information content (AvgIpc) is 2.57. The molecule has 9 heteroatoms. The topological polar surface area (TPSA) is 174 Å². The van der Waals surface area contributed by atoms with E-state index in [1.54, 1.807) is 24.3 Å². The van der Waals surface area contributed by atoms with Crippen molar-refractivity contribution in [2.24, 2.45) is 17.2 Å². The normalized spacial score (nSPS) is 12.9. The number of benzene rings is 1. The first-order valence-corrected chi connectivity index (χ1v) is 7.40. The van der Waals surface area contributed by atoms with Crippen molar-refractivity contribution in [2.75, 3.05) is 13.1 Å². The highest BCUT2D eigenvalue weighted by molar-refractivity contribution is 5.92. The number of carbonyl (C=O) groups excluding carboxylic acids is 3. The Morgan fingerprint density at radius 2 is 1.75 bits per heavy atom. The monoisotopic (exact) mass is 337 g/mol. The van der Waals surface area contributed by atoms with Crippen LogP contribution in [0.1, 0.15) is 24.0 Å². The predicted molar refractivity (Wildman–Crippen MR) is 87.3 cm³/mol. The summed E-state index contributed by atoms with van der Waals surface area (Å²) < 4.78 is 0. The Kier molecular flexibility index (Phi) is 7.15. The van der Waals surface area contributed by atoms with Crippen molar-refractivity contribution in [3.63, 3.8) is 0 Å². The van der Waals surface area contributed by atoms with E-state index in [0.29, 0.717) is 17.5 Å². The molecule has 1 aromatic rings. The molecule has 0 aliphatic carbocycles. The van der Waals surface area contributed by atoms with Crippen LogP contribution in [0.2, 0.25) is 0 Å². The molecule has 132 valence electrons. The molecule has 0 spiro atoms. The van der Waals surface area contributed by atoms with Gasteiger partial charge in [-0.1, -0.05) is 24.3 Å². The van der Waals surface area contributed by atoms with Gasteiger partial charge in [-0.05, 0) is 24.0 Å². The summed E-state index contributed by atoms with van der Waals surface area (Å²) in [6.07, 6.45) is 0.491. The van der Waals surface area contributed by atoms with Crippen LogP contribution in [0.15, 0.2) is 24.3 Å². The van der Waals surface area contributed by atoms with Crippen molar-refractivity contribution in [3.8, 4) is 0 Å². The fourth-order valence-electron chi connectivity index (χ4n) is 2.35. The Labute approximate surface area is 139 Å². The minimum atomic E-state index is -1.47. The second kappa shape index (κ2) is 8.85. The molecule has 0 aliphatic heterocycles. The Morgan fingerprint density at radius 1 is 1.12 bits per heavy atom. The van der Waals surface area contributed by atoms with Gasteiger partial charge in [0.05, 0.1) is 13.2 Å². The zero-order chi connectivity index (χ0) is 18.2. The molecule has 9 N–H and O–H groups in total. The van der Waals surface area contributed by atoms with Gasteiger partial charge >= 0.3 is 6.03 Å². The molecule has 24 heavy (non-hydrogen) atoms. The molecule has 0 heterocycles. The zero-order valence-electron chi connectivity index (χ0n) is 13.2. The molecule has 9 nitrogen and oxygen atoms in total. The lowest BCUT2D eigenvalue weighted by molar-refractivity contribution is -0.131. The van der Waals surface area contributed by atoms with E-state index in [1.807, 2.05) is 0 Å². The fourth-order valence-corrected chi connectivity index (χ4v) is 2.35. The van der Waals surface area contributed by atoms with Crippen LogP contribution in [0.3, 0.4) is 0 Å². The summed E-state index contributed by atoms with van der Waals surface area (Å²) in [4.78, 5) is 34.7. The van der Waals surface area contributed by atoms with E-state index < -0.39 is 23.4 Å². The summed E-state index contributed by atoms with van der Waals surface area (Å²) in [7, 11) is 0. The van der Waals surface area contributed by atoms with Crippen LogP contribution in [0, 0.1) is 0 Å². The van der Waals surface area contributed by atoms with Crippen molar-refractivity contribution in [1.29, 1.82) is 0 Å². The van der Waals surface area contributed by atoms with Gasteiger partial charge in [0.15, 0.2) is 0 Å². The lowest BCUT2D eigenvalue weighted by Crippen LogP contribution is -2.56. The van der Waals surface area contributed by atoms with Crippen LogP contribution in [0.4, 0.5) is 4.79 Å². The zero-order valence-corrected chi connectivity index (χ0v) is 13.2. The van der Waals surface area contributed by atoms with Crippen LogP contribution < -0.4 is 27.8 Å². The first kappa shape index (κ1) is 19.4. The minimum Gasteiger partial charge on any atom is -0.392 e. The van der Waals surface area contributed by atoms with E-state index >= 15 is 0 Å². The second-order valence-corrected chi connectivity index (χ2v) is 5.27. The smallest absolute Gasteiger partial charge is 0.312 e. The molecule has 1 atom stereocenters. The third-order valence-electron chi connectivity index (χ3n) is 3.62. The van der Waals surface area contributed by atoms with Crippen molar-refractivity contribution in [3.05, 3.63) is 35.4 Å². The van der Waals surface area contributed by atoms with E-state index in [0.717, 1.165) is 0 Å². The van der Waals surface area contributed by atoms with Crippen LogP contribution in [0.25, 0.3) is 0 Å². The number of carbonyl (C=O) groups is 3. The van der Waals surface area contributed by atoms with Gasteiger partial charge < -0.3 is 32.9 Å². The van der Waals surface area contributed by atoms with Gasteiger partial charge in [0.1, 0.15) is 5.54 Å². The third kappa shape index (κ3) is 4.93. The van der Waals surface area contributed by atoms with E-state index in [9.17, 15) is 14.4 Å². The molecule has 0 fully saturated rings. The van der Waals surface area contributed by atoms with E-state index in [2.05, 4.69) is 10.6 Å². The first-order chi connectivity index (χ1) is 11.4. The van der Waals surface area contributed by atoms with Crippen LogP contribution >= 0.6 is 0 Å². The molecule has 4 amide bonds. The molecule has 0 aliphatic rings. The molecule has 0 bridgehead atoms. The number of hydrogen-bond donors (Lipinski definition) is 6. The minimum absolute atomic E-state index is 0.146. The molecule has 0 saturated carbocycles. The Morgan fingerprint density at radius 3 is 2.21 bits per heavy atom. The van der Waals surface area contributed by atoms with E-state index in [-0.39, 0.29) is 26.1 Å².